The first kappa shape index (κ1) is 15.6. The molecule has 2 aromatic heterocycles. The van der Waals surface area contributed by atoms with Gasteiger partial charge in [-0.15, -0.1) is 0 Å². The van der Waals surface area contributed by atoms with Crippen LogP contribution in [0.3, 0.4) is 0 Å². The van der Waals surface area contributed by atoms with Gasteiger partial charge in [0.25, 0.3) is 0 Å². The van der Waals surface area contributed by atoms with E-state index in [4.69, 9.17) is 0 Å². The summed E-state index contributed by atoms with van der Waals surface area (Å²) in [5.74, 6) is 0.919. The van der Waals surface area contributed by atoms with E-state index in [1.165, 1.54) is 0 Å². The lowest BCUT2D eigenvalue weighted by molar-refractivity contribution is -0.119. The van der Waals surface area contributed by atoms with Gasteiger partial charge in [0, 0.05) is 43.9 Å². The van der Waals surface area contributed by atoms with E-state index in [9.17, 15) is 10.1 Å². The van der Waals surface area contributed by atoms with Gasteiger partial charge in [0.1, 0.15) is 17.6 Å². The average molecular weight is 337 g/mol. The van der Waals surface area contributed by atoms with E-state index >= 15 is 0 Å². The fraction of sp³-hybridized carbons (Fsp3) is 0.471. The molecule has 2 aliphatic heterocycles. The van der Waals surface area contributed by atoms with Crippen LogP contribution in [0.4, 0.5) is 5.82 Å². The van der Waals surface area contributed by atoms with Crippen LogP contribution in [-0.4, -0.2) is 44.3 Å². The number of hydrogen-bond acceptors (Lipinski definition) is 6. The molecule has 2 fully saturated rings. The topological polar surface area (TPSA) is 99.7 Å². The Labute approximate surface area is 145 Å². The average Bonchev–Trinajstić information content (AvgIpc) is 3.21. The van der Waals surface area contributed by atoms with E-state index in [0.717, 1.165) is 43.7 Å². The quantitative estimate of drug-likeness (QED) is 0.877. The third-order valence-electron chi connectivity index (χ3n) is 5.12. The summed E-state index contributed by atoms with van der Waals surface area (Å²) in [6.07, 6.45) is 8.53. The molecule has 0 atom stereocenters. The lowest BCUT2D eigenvalue weighted by Gasteiger charge is -2.39. The highest BCUT2D eigenvalue weighted by atomic mass is 16.2. The maximum Gasteiger partial charge on any atom is 0.220 e. The second-order valence-electron chi connectivity index (χ2n) is 6.76. The smallest absolute Gasteiger partial charge is 0.220 e. The predicted molar refractivity (Wildman–Crippen MR) is 90.5 cm³/mol. The van der Waals surface area contributed by atoms with Crippen LogP contribution in [0.25, 0.3) is 11.3 Å². The van der Waals surface area contributed by atoms with E-state index < -0.39 is 0 Å². The molecule has 1 spiro atoms. The summed E-state index contributed by atoms with van der Waals surface area (Å²) < 4.78 is 1.68. The van der Waals surface area contributed by atoms with E-state index in [0.29, 0.717) is 17.8 Å². The minimum Gasteiger partial charge on any atom is -0.355 e. The molecule has 2 aromatic rings. The molecule has 4 rings (SSSR count). The van der Waals surface area contributed by atoms with Gasteiger partial charge in [-0.2, -0.15) is 10.4 Å². The van der Waals surface area contributed by atoms with Crippen LogP contribution in [-0.2, 0) is 11.8 Å². The Morgan fingerprint density at radius 2 is 2.08 bits per heavy atom. The Morgan fingerprint density at radius 1 is 1.28 bits per heavy atom. The summed E-state index contributed by atoms with van der Waals surface area (Å²) >= 11 is 0. The number of carbonyl (C=O) groups is 1. The fourth-order valence-corrected chi connectivity index (χ4v) is 3.67. The maximum atomic E-state index is 11.6. The largest absolute Gasteiger partial charge is 0.355 e. The van der Waals surface area contributed by atoms with Crippen molar-refractivity contribution in [2.24, 2.45) is 7.05 Å². The molecule has 8 nitrogen and oxygen atoms in total. The van der Waals surface area contributed by atoms with Crippen LogP contribution in [0.5, 0.6) is 0 Å². The molecule has 0 aliphatic carbocycles. The van der Waals surface area contributed by atoms with Crippen LogP contribution in [0, 0.1) is 11.3 Å². The van der Waals surface area contributed by atoms with E-state index in [2.05, 4.69) is 31.4 Å². The standard InChI is InChI=1S/C17H19N7O/c1-23-11-12(9-20-23)16-13(8-18)19-10-14(21-16)24-6-4-17(5-7-24)3-2-15(25)22-17/h9-11H,2-7H2,1H3,(H,22,25). The summed E-state index contributed by atoms with van der Waals surface area (Å²) in [5.41, 5.74) is 1.60. The predicted octanol–water partition coefficient (Wildman–Crippen LogP) is 0.998. The molecule has 128 valence electrons. The highest BCUT2D eigenvalue weighted by Crippen LogP contribution is 2.33. The third-order valence-corrected chi connectivity index (χ3v) is 5.12. The van der Waals surface area contributed by atoms with Crippen LogP contribution in [0.15, 0.2) is 18.6 Å². The number of amides is 1. The zero-order valence-corrected chi connectivity index (χ0v) is 14.1. The molecular formula is C17H19N7O. The lowest BCUT2D eigenvalue weighted by atomic mass is 9.86. The molecule has 25 heavy (non-hydrogen) atoms. The minimum absolute atomic E-state index is 0.0419. The number of nitrogens with zero attached hydrogens (tertiary/aromatic N) is 6. The molecule has 0 bridgehead atoms. The van der Waals surface area contributed by atoms with Crippen LogP contribution in [0.2, 0.25) is 0 Å². The molecule has 1 N–H and O–H groups in total. The van der Waals surface area contributed by atoms with Crippen LogP contribution < -0.4 is 10.2 Å². The summed E-state index contributed by atoms with van der Waals surface area (Å²) in [6.45, 7) is 1.63. The molecule has 4 heterocycles. The molecule has 8 heteroatoms. The van der Waals surface area contributed by atoms with Crippen molar-refractivity contribution in [3.8, 4) is 17.3 Å². The van der Waals surface area contributed by atoms with Crippen molar-refractivity contribution in [2.75, 3.05) is 18.0 Å². The molecular weight excluding hydrogens is 318 g/mol. The van der Waals surface area contributed by atoms with Gasteiger partial charge in [0.15, 0.2) is 5.69 Å². The van der Waals surface area contributed by atoms with Crippen molar-refractivity contribution in [3.05, 3.63) is 24.3 Å². The van der Waals surface area contributed by atoms with Gasteiger partial charge in [0.2, 0.25) is 5.91 Å². The summed E-state index contributed by atoms with van der Waals surface area (Å²) in [6, 6.07) is 2.10. The summed E-state index contributed by atoms with van der Waals surface area (Å²) in [7, 11) is 1.83. The normalized spacial score (nSPS) is 19.0. The number of piperidine rings is 1. The Balaban J connectivity index is 1.58. The molecule has 1 amide bonds. The first-order valence-corrected chi connectivity index (χ1v) is 8.41. The second kappa shape index (κ2) is 5.84. The van der Waals surface area contributed by atoms with Crippen LogP contribution >= 0.6 is 0 Å². The highest BCUT2D eigenvalue weighted by molar-refractivity contribution is 5.79. The van der Waals surface area contributed by atoms with Crippen LogP contribution in [0.1, 0.15) is 31.4 Å². The maximum absolute atomic E-state index is 11.6. The second-order valence-corrected chi connectivity index (χ2v) is 6.76. The van der Waals surface area contributed by atoms with Gasteiger partial charge in [-0.05, 0) is 19.3 Å². The van der Waals surface area contributed by atoms with Crippen molar-refractivity contribution >= 4 is 11.7 Å². The number of nitriles is 1. The highest BCUT2D eigenvalue weighted by Gasteiger charge is 2.40. The van der Waals surface area contributed by atoms with Gasteiger partial charge in [-0.1, -0.05) is 0 Å². The first-order valence-electron chi connectivity index (χ1n) is 8.41. The first-order chi connectivity index (χ1) is 12.1. The van der Waals surface area contributed by atoms with Gasteiger partial charge >= 0.3 is 0 Å². The van der Waals surface area contributed by atoms with Crippen molar-refractivity contribution in [3.63, 3.8) is 0 Å². The Morgan fingerprint density at radius 3 is 2.68 bits per heavy atom. The zero-order valence-electron chi connectivity index (χ0n) is 14.1. The monoisotopic (exact) mass is 337 g/mol. The fourth-order valence-electron chi connectivity index (χ4n) is 3.67. The lowest BCUT2D eigenvalue weighted by Crippen LogP contribution is -2.51. The minimum atomic E-state index is -0.0419. The van der Waals surface area contributed by atoms with Gasteiger partial charge in [-0.3, -0.25) is 9.48 Å². The Hall–Kier alpha value is -2.95. The third kappa shape index (κ3) is 2.82. The molecule has 2 saturated heterocycles. The zero-order chi connectivity index (χ0) is 17.4. The number of anilines is 1. The summed E-state index contributed by atoms with van der Waals surface area (Å²) in [5, 5.41) is 16.6. The van der Waals surface area contributed by atoms with E-state index in [1.807, 2.05) is 13.2 Å². The van der Waals surface area contributed by atoms with Gasteiger partial charge in [0.05, 0.1) is 12.4 Å². The Bertz CT molecular complexity index is 858. The van der Waals surface area contributed by atoms with E-state index in [1.54, 1.807) is 17.1 Å². The van der Waals surface area contributed by atoms with Crippen molar-refractivity contribution in [1.82, 2.24) is 25.1 Å². The molecule has 0 radical (unpaired) electrons. The van der Waals surface area contributed by atoms with Gasteiger partial charge < -0.3 is 10.2 Å². The van der Waals surface area contributed by atoms with E-state index in [-0.39, 0.29) is 11.4 Å². The number of carbonyl (C=O) groups excluding carboxylic acids is 1. The van der Waals surface area contributed by atoms with Crippen molar-refractivity contribution < 1.29 is 4.79 Å². The number of hydrogen-bond donors (Lipinski definition) is 1. The number of rotatable bonds is 2. The van der Waals surface area contributed by atoms with Crippen molar-refractivity contribution in [1.29, 1.82) is 5.26 Å². The molecule has 2 aliphatic rings. The molecule has 0 saturated carbocycles. The summed E-state index contributed by atoms with van der Waals surface area (Å²) in [4.78, 5) is 22.7. The van der Waals surface area contributed by atoms with Gasteiger partial charge in [-0.25, -0.2) is 9.97 Å². The number of nitrogens with one attached hydrogen (secondary N) is 1. The number of aromatic nitrogens is 4. The number of aryl methyl sites for hydroxylation is 1. The Kier molecular flexibility index (Phi) is 3.64. The molecule has 0 aromatic carbocycles. The van der Waals surface area contributed by atoms with Crippen molar-refractivity contribution in [2.45, 2.75) is 31.2 Å². The molecule has 0 unspecified atom stereocenters. The SMILES string of the molecule is Cn1cc(-c2nc(N3CCC4(CCC(=O)N4)CC3)cnc2C#N)cn1.